The second-order valence-electron chi connectivity index (χ2n) is 5.64. The summed E-state index contributed by atoms with van der Waals surface area (Å²) in [5.74, 6) is 0.656. The predicted octanol–water partition coefficient (Wildman–Crippen LogP) is 2.00. The SMILES string of the molecule is CC(C)(C)OC(=O)N1[C@@H](CC2CC2)COS1=O. The first-order chi connectivity index (χ1) is 7.87. The van der Waals surface area contributed by atoms with Crippen molar-refractivity contribution >= 4 is 17.4 Å². The Labute approximate surface area is 104 Å². The molecule has 2 atom stereocenters. The van der Waals surface area contributed by atoms with Crippen LogP contribution in [0, 0.1) is 5.92 Å². The zero-order valence-electron chi connectivity index (χ0n) is 10.5. The third-order valence-corrected chi connectivity index (χ3v) is 3.84. The van der Waals surface area contributed by atoms with Gasteiger partial charge in [-0.05, 0) is 33.1 Å². The molecule has 0 aromatic heterocycles. The third kappa shape index (κ3) is 3.42. The van der Waals surface area contributed by atoms with Gasteiger partial charge in [0.25, 0.3) is 11.3 Å². The fraction of sp³-hybridized carbons (Fsp3) is 0.909. The molecule has 1 amide bonds. The highest BCUT2D eigenvalue weighted by Gasteiger charge is 2.41. The van der Waals surface area contributed by atoms with E-state index >= 15 is 0 Å². The van der Waals surface area contributed by atoms with Gasteiger partial charge in [-0.2, -0.15) is 4.31 Å². The minimum Gasteiger partial charge on any atom is -0.443 e. The van der Waals surface area contributed by atoms with Crippen LogP contribution in [0.2, 0.25) is 0 Å². The van der Waals surface area contributed by atoms with Gasteiger partial charge in [-0.15, -0.1) is 0 Å². The minimum atomic E-state index is -1.69. The summed E-state index contributed by atoms with van der Waals surface area (Å²) in [6.07, 6.45) is 2.72. The zero-order chi connectivity index (χ0) is 12.6. The summed E-state index contributed by atoms with van der Waals surface area (Å²) in [4.78, 5) is 11.9. The van der Waals surface area contributed by atoms with Gasteiger partial charge < -0.3 is 4.74 Å². The molecule has 5 nitrogen and oxygen atoms in total. The summed E-state index contributed by atoms with van der Waals surface area (Å²) in [5, 5.41) is 0. The number of rotatable bonds is 2. The lowest BCUT2D eigenvalue weighted by molar-refractivity contribution is 0.0356. The lowest BCUT2D eigenvalue weighted by Gasteiger charge is -2.25. The highest BCUT2D eigenvalue weighted by Crippen LogP contribution is 2.36. The number of hydrogen-bond donors (Lipinski definition) is 0. The average molecular weight is 261 g/mol. The molecule has 0 aromatic rings. The molecule has 2 rings (SSSR count). The molecule has 0 bridgehead atoms. The first-order valence-corrected chi connectivity index (χ1v) is 6.97. The van der Waals surface area contributed by atoms with Crippen molar-refractivity contribution in [1.82, 2.24) is 4.31 Å². The minimum absolute atomic E-state index is 0.0989. The maximum absolute atomic E-state index is 11.9. The quantitative estimate of drug-likeness (QED) is 0.763. The first-order valence-electron chi connectivity index (χ1n) is 5.94. The third-order valence-electron chi connectivity index (χ3n) is 2.73. The smallest absolute Gasteiger partial charge is 0.424 e. The van der Waals surface area contributed by atoms with Crippen molar-refractivity contribution in [3.05, 3.63) is 0 Å². The molecule has 0 N–H and O–H groups in total. The van der Waals surface area contributed by atoms with Gasteiger partial charge in [-0.3, -0.25) is 4.18 Å². The molecule has 17 heavy (non-hydrogen) atoms. The Morgan fingerprint density at radius 1 is 1.47 bits per heavy atom. The van der Waals surface area contributed by atoms with Crippen molar-refractivity contribution in [3.8, 4) is 0 Å². The Morgan fingerprint density at radius 2 is 2.12 bits per heavy atom. The highest BCUT2D eigenvalue weighted by atomic mass is 32.2. The Kier molecular flexibility index (Phi) is 3.45. The molecule has 2 fully saturated rings. The number of carbonyl (C=O) groups excluding carboxylic acids is 1. The Balaban J connectivity index is 1.99. The predicted molar refractivity (Wildman–Crippen MR) is 63.3 cm³/mol. The summed E-state index contributed by atoms with van der Waals surface area (Å²) < 4.78 is 23.1. The van der Waals surface area contributed by atoms with Crippen LogP contribution in [0.25, 0.3) is 0 Å². The van der Waals surface area contributed by atoms with Crippen LogP contribution >= 0.6 is 0 Å². The van der Waals surface area contributed by atoms with E-state index in [-0.39, 0.29) is 6.04 Å². The van der Waals surface area contributed by atoms with Crippen molar-refractivity contribution in [3.63, 3.8) is 0 Å². The molecule has 6 heteroatoms. The molecule has 0 aromatic carbocycles. The van der Waals surface area contributed by atoms with E-state index in [2.05, 4.69) is 0 Å². The monoisotopic (exact) mass is 261 g/mol. The van der Waals surface area contributed by atoms with Crippen LogP contribution < -0.4 is 0 Å². The number of ether oxygens (including phenoxy) is 1. The summed E-state index contributed by atoms with van der Waals surface area (Å²) in [6, 6.07) is -0.0989. The van der Waals surface area contributed by atoms with Gasteiger partial charge in [0, 0.05) is 0 Å². The maximum Gasteiger partial charge on any atom is 0.424 e. The van der Waals surface area contributed by atoms with E-state index in [1.807, 2.05) is 0 Å². The number of hydrogen-bond acceptors (Lipinski definition) is 4. The Bertz CT molecular complexity index is 335. The van der Waals surface area contributed by atoms with Crippen molar-refractivity contribution in [1.29, 1.82) is 0 Å². The molecule has 1 heterocycles. The van der Waals surface area contributed by atoms with Crippen molar-refractivity contribution in [2.75, 3.05) is 6.61 Å². The van der Waals surface area contributed by atoms with Gasteiger partial charge in [-0.1, -0.05) is 12.8 Å². The summed E-state index contributed by atoms with van der Waals surface area (Å²) in [6.45, 7) is 5.73. The molecule has 1 saturated carbocycles. The number of nitrogens with zero attached hydrogens (tertiary/aromatic N) is 1. The van der Waals surface area contributed by atoms with Crippen molar-refractivity contribution < 1.29 is 17.9 Å². The van der Waals surface area contributed by atoms with Crippen LogP contribution in [0.15, 0.2) is 0 Å². The number of amides is 1. The second kappa shape index (κ2) is 4.57. The van der Waals surface area contributed by atoms with Gasteiger partial charge in [0.15, 0.2) is 0 Å². The molecule has 0 spiro atoms. The van der Waals surface area contributed by atoms with Crippen LogP contribution in [0.5, 0.6) is 0 Å². The fourth-order valence-corrected chi connectivity index (χ4v) is 2.74. The van der Waals surface area contributed by atoms with Gasteiger partial charge in [-0.25, -0.2) is 9.00 Å². The fourth-order valence-electron chi connectivity index (χ4n) is 1.80. The Morgan fingerprint density at radius 3 is 2.65 bits per heavy atom. The highest BCUT2D eigenvalue weighted by molar-refractivity contribution is 7.78. The maximum atomic E-state index is 11.9. The Hall–Kier alpha value is -0.620. The molecular formula is C11H19NO4S. The second-order valence-corrected chi connectivity index (χ2v) is 6.70. The van der Waals surface area contributed by atoms with Gasteiger partial charge >= 0.3 is 6.09 Å². The van der Waals surface area contributed by atoms with Crippen molar-refractivity contribution in [2.45, 2.75) is 51.7 Å². The molecular weight excluding hydrogens is 242 g/mol. The lowest BCUT2D eigenvalue weighted by atomic mass is 10.1. The molecule has 1 aliphatic carbocycles. The summed E-state index contributed by atoms with van der Waals surface area (Å²) in [7, 11) is 0. The van der Waals surface area contributed by atoms with E-state index in [1.54, 1.807) is 20.8 Å². The van der Waals surface area contributed by atoms with E-state index in [0.29, 0.717) is 12.5 Å². The van der Waals surface area contributed by atoms with E-state index < -0.39 is 23.0 Å². The zero-order valence-corrected chi connectivity index (χ0v) is 11.3. The van der Waals surface area contributed by atoms with Crippen LogP contribution in [0.1, 0.15) is 40.0 Å². The molecule has 98 valence electrons. The standard InChI is InChI=1S/C11H19NO4S/c1-11(2,3)16-10(13)12-9(6-8-4-5-8)7-15-17(12)14/h8-9H,4-7H2,1-3H3/t9-,17?/m0/s1. The molecule has 1 saturated heterocycles. The molecule has 1 unspecified atom stereocenters. The van der Waals surface area contributed by atoms with Crippen molar-refractivity contribution in [2.24, 2.45) is 5.92 Å². The molecule has 1 aliphatic heterocycles. The van der Waals surface area contributed by atoms with Crippen LogP contribution in [-0.4, -0.2) is 32.9 Å². The molecule has 0 radical (unpaired) electrons. The summed E-state index contributed by atoms with van der Waals surface area (Å²) in [5.41, 5.74) is -0.575. The van der Waals surface area contributed by atoms with Crippen LogP contribution in [-0.2, 0) is 20.2 Å². The average Bonchev–Trinajstić information content (AvgIpc) is 2.88. The largest absolute Gasteiger partial charge is 0.443 e. The van der Waals surface area contributed by atoms with Crippen LogP contribution in [0.4, 0.5) is 4.79 Å². The van der Waals surface area contributed by atoms with E-state index in [0.717, 1.165) is 6.42 Å². The lowest BCUT2D eigenvalue weighted by Crippen LogP contribution is -2.41. The number of carbonyl (C=O) groups is 1. The first kappa shape index (κ1) is 12.8. The molecule has 2 aliphatic rings. The van der Waals surface area contributed by atoms with E-state index in [1.165, 1.54) is 17.1 Å². The van der Waals surface area contributed by atoms with E-state index in [4.69, 9.17) is 8.92 Å². The van der Waals surface area contributed by atoms with Gasteiger partial charge in [0.05, 0.1) is 12.6 Å². The van der Waals surface area contributed by atoms with Gasteiger partial charge in [0.1, 0.15) is 5.60 Å². The van der Waals surface area contributed by atoms with Gasteiger partial charge in [0.2, 0.25) is 0 Å². The topological polar surface area (TPSA) is 55.8 Å². The van der Waals surface area contributed by atoms with E-state index in [9.17, 15) is 9.00 Å². The normalized spacial score (nSPS) is 29.5. The van der Waals surface area contributed by atoms with Crippen LogP contribution in [0.3, 0.4) is 0 Å². The summed E-state index contributed by atoms with van der Waals surface area (Å²) >= 11 is -1.69.